The molecule has 1 nitrogen and oxygen atoms in total. The number of rotatable bonds is 3. The molecule has 4 aliphatic rings. The molecule has 1 aromatic rings. The standard InChI is InChI=1S/C26H39N/c1-14-12-23-24(17(14)4)26-21-8-7-20(13-22(21)25(23)26)9-10-27-18(5)15(2)11-16(3)19(27)6/h7-8,13-19,23-26H,9-12H2,1-6H3/t14-,15-,16+,17-,18-,19+,23+,24-,25+,26-/m1/s1. The van der Waals surface area contributed by atoms with E-state index in [4.69, 9.17) is 0 Å². The van der Waals surface area contributed by atoms with E-state index in [-0.39, 0.29) is 0 Å². The lowest BCUT2D eigenvalue weighted by molar-refractivity contribution is 0.0288. The van der Waals surface area contributed by atoms with Crippen molar-refractivity contribution >= 4 is 0 Å². The monoisotopic (exact) mass is 365 g/mol. The van der Waals surface area contributed by atoms with Crippen LogP contribution in [0, 0.1) is 35.5 Å². The lowest BCUT2D eigenvalue weighted by Gasteiger charge is -2.59. The zero-order valence-corrected chi connectivity index (χ0v) is 18.3. The number of hydrogen-bond donors (Lipinski definition) is 0. The van der Waals surface area contributed by atoms with Crippen molar-refractivity contribution in [1.29, 1.82) is 0 Å². The van der Waals surface area contributed by atoms with Gasteiger partial charge in [-0.15, -0.1) is 0 Å². The highest BCUT2D eigenvalue weighted by Gasteiger charge is 2.63. The van der Waals surface area contributed by atoms with E-state index in [0.717, 1.165) is 59.4 Å². The van der Waals surface area contributed by atoms with Gasteiger partial charge in [0.1, 0.15) is 0 Å². The number of likely N-dealkylation sites (tertiary alicyclic amines) is 1. The number of piperidine rings is 1. The Hall–Kier alpha value is -0.820. The van der Waals surface area contributed by atoms with Gasteiger partial charge in [-0.25, -0.2) is 0 Å². The van der Waals surface area contributed by atoms with Gasteiger partial charge in [0.15, 0.2) is 0 Å². The van der Waals surface area contributed by atoms with Crippen LogP contribution in [0.15, 0.2) is 18.2 Å². The summed E-state index contributed by atoms with van der Waals surface area (Å²) in [7, 11) is 0. The fourth-order valence-electron chi connectivity index (χ4n) is 7.68. The zero-order valence-electron chi connectivity index (χ0n) is 18.3. The summed E-state index contributed by atoms with van der Waals surface area (Å²) in [4.78, 5) is 2.79. The Bertz CT molecular complexity index is 709. The van der Waals surface area contributed by atoms with E-state index >= 15 is 0 Å². The first-order valence-corrected chi connectivity index (χ1v) is 11.8. The van der Waals surface area contributed by atoms with Crippen molar-refractivity contribution in [3.63, 3.8) is 0 Å². The highest BCUT2D eigenvalue weighted by molar-refractivity contribution is 5.53. The largest absolute Gasteiger partial charge is 0.297 e. The van der Waals surface area contributed by atoms with Crippen molar-refractivity contribution in [2.45, 2.75) is 84.7 Å². The highest BCUT2D eigenvalue weighted by atomic mass is 15.2. The first-order valence-electron chi connectivity index (χ1n) is 11.8. The van der Waals surface area contributed by atoms with Gasteiger partial charge < -0.3 is 0 Å². The second-order valence-corrected chi connectivity index (χ2v) is 11.0. The van der Waals surface area contributed by atoms with Crippen LogP contribution in [-0.4, -0.2) is 23.5 Å². The minimum atomic E-state index is 0.723. The average molecular weight is 366 g/mol. The summed E-state index contributed by atoms with van der Waals surface area (Å²) in [6, 6.07) is 9.01. The second kappa shape index (κ2) is 6.34. The van der Waals surface area contributed by atoms with Crippen molar-refractivity contribution in [3.8, 4) is 0 Å². The van der Waals surface area contributed by atoms with Crippen molar-refractivity contribution < 1.29 is 0 Å². The third-order valence-corrected chi connectivity index (χ3v) is 9.87. The molecule has 148 valence electrons. The van der Waals surface area contributed by atoms with Crippen LogP contribution in [0.1, 0.15) is 82.9 Å². The van der Waals surface area contributed by atoms with Crippen LogP contribution in [0.25, 0.3) is 0 Å². The van der Waals surface area contributed by atoms with Gasteiger partial charge in [0, 0.05) is 18.6 Å². The molecule has 3 fully saturated rings. The van der Waals surface area contributed by atoms with Gasteiger partial charge in [-0.3, -0.25) is 4.90 Å². The van der Waals surface area contributed by atoms with Gasteiger partial charge in [0.2, 0.25) is 0 Å². The first-order chi connectivity index (χ1) is 12.9. The Morgan fingerprint density at radius 1 is 0.815 bits per heavy atom. The van der Waals surface area contributed by atoms with Crippen LogP contribution in [0.5, 0.6) is 0 Å². The molecule has 1 heteroatoms. The second-order valence-electron chi connectivity index (χ2n) is 11.0. The Morgan fingerprint density at radius 3 is 2.22 bits per heavy atom. The normalized spacial score (nSPS) is 48.2. The molecule has 0 bridgehead atoms. The summed E-state index contributed by atoms with van der Waals surface area (Å²) in [6.07, 6.45) is 4.09. The van der Waals surface area contributed by atoms with Gasteiger partial charge in [0.05, 0.1) is 0 Å². The molecule has 1 heterocycles. The SMILES string of the molecule is C[C@H]1[C@@H]2[C@H](C[C@H]1C)[C@@H]1c3cc(CCN4[C@H](C)[C@H](C)C[C@H](C)[C@@H]4C)ccc3[C@@H]12. The number of benzene rings is 1. The smallest absolute Gasteiger partial charge is 0.00957 e. The summed E-state index contributed by atoms with van der Waals surface area (Å²) >= 11 is 0. The molecule has 0 N–H and O–H groups in total. The maximum atomic E-state index is 2.79. The first kappa shape index (κ1) is 18.2. The number of nitrogens with zero attached hydrogens (tertiary/aromatic N) is 1. The van der Waals surface area contributed by atoms with Crippen LogP contribution in [0.3, 0.4) is 0 Å². The fourth-order valence-corrected chi connectivity index (χ4v) is 7.68. The minimum Gasteiger partial charge on any atom is -0.297 e. The molecule has 1 aromatic carbocycles. The van der Waals surface area contributed by atoms with Crippen LogP contribution < -0.4 is 0 Å². The Balaban J connectivity index is 1.28. The molecule has 1 aliphatic heterocycles. The predicted octanol–water partition coefficient (Wildman–Crippen LogP) is 6.09. The lowest BCUT2D eigenvalue weighted by atomic mass is 9.44. The van der Waals surface area contributed by atoms with Crippen LogP contribution >= 0.6 is 0 Å². The topological polar surface area (TPSA) is 3.24 Å². The van der Waals surface area contributed by atoms with Crippen molar-refractivity contribution in [2.24, 2.45) is 35.5 Å². The van der Waals surface area contributed by atoms with E-state index in [1.807, 2.05) is 0 Å². The fraction of sp³-hybridized carbons (Fsp3) is 0.769. The molecule has 3 aliphatic carbocycles. The Labute approximate surface area is 166 Å². The number of hydrogen-bond acceptors (Lipinski definition) is 1. The van der Waals surface area contributed by atoms with Gasteiger partial charge in [-0.05, 0) is 97.1 Å². The van der Waals surface area contributed by atoms with Crippen LogP contribution in [0.2, 0.25) is 0 Å². The molecular formula is C26H39N. The number of fused-ring (bicyclic) bond motifs is 7. The lowest BCUT2D eigenvalue weighted by Crippen LogP contribution is -2.52. The van der Waals surface area contributed by atoms with E-state index < -0.39 is 0 Å². The molecule has 5 rings (SSSR count). The quantitative estimate of drug-likeness (QED) is 0.627. The van der Waals surface area contributed by atoms with Gasteiger partial charge in [-0.1, -0.05) is 45.9 Å². The molecule has 2 saturated carbocycles. The summed E-state index contributed by atoms with van der Waals surface area (Å²) in [6.45, 7) is 16.0. The van der Waals surface area contributed by atoms with Crippen molar-refractivity contribution in [2.75, 3.05) is 6.54 Å². The molecule has 27 heavy (non-hydrogen) atoms. The summed E-state index contributed by atoms with van der Waals surface area (Å²) in [5.41, 5.74) is 5.04. The molecule has 0 aromatic heterocycles. The van der Waals surface area contributed by atoms with E-state index in [0.29, 0.717) is 0 Å². The van der Waals surface area contributed by atoms with Crippen molar-refractivity contribution in [1.82, 2.24) is 4.90 Å². The van der Waals surface area contributed by atoms with Crippen LogP contribution in [-0.2, 0) is 6.42 Å². The van der Waals surface area contributed by atoms with Crippen molar-refractivity contribution in [3.05, 3.63) is 34.9 Å². The van der Waals surface area contributed by atoms with Gasteiger partial charge in [-0.2, -0.15) is 0 Å². The molecule has 0 radical (unpaired) electrons. The van der Waals surface area contributed by atoms with Gasteiger partial charge >= 0.3 is 0 Å². The van der Waals surface area contributed by atoms with Gasteiger partial charge in [0.25, 0.3) is 0 Å². The summed E-state index contributed by atoms with van der Waals surface area (Å²) in [5, 5.41) is 0. The van der Waals surface area contributed by atoms with E-state index in [1.54, 1.807) is 16.7 Å². The van der Waals surface area contributed by atoms with E-state index in [2.05, 4.69) is 64.6 Å². The van der Waals surface area contributed by atoms with E-state index in [9.17, 15) is 0 Å². The Morgan fingerprint density at radius 2 is 1.52 bits per heavy atom. The summed E-state index contributed by atoms with van der Waals surface area (Å²) in [5.74, 6) is 7.38. The molecular weight excluding hydrogens is 326 g/mol. The molecule has 0 unspecified atom stereocenters. The third-order valence-electron chi connectivity index (χ3n) is 9.87. The molecule has 0 spiro atoms. The summed E-state index contributed by atoms with van der Waals surface area (Å²) < 4.78 is 0. The van der Waals surface area contributed by atoms with Crippen LogP contribution in [0.4, 0.5) is 0 Å². The molecule has 10 atom stereocenters. The average Bonchev–Trinajstić information content (AvgIpc) is 2.84. The zero-order chi connectivity index (χ0) is 19.0. The van der Waals surface area contributed by atoms with E-state index in [1.165, 1.54) is 25.8 Å². The minimum absolute atomic E-state index is 0.723. The maximum Gasteiger partial charge on any atom is 0.00957 e. The predicted molar refractivity (Wildman–Crippen MR) is 114 cm³/mol. The molecule has 0 amide bonds. The highest BCUT2D eigenvalue weighted by Crippen LogP contribution is 2.73. The molecule has 1 saturated heterocycles. The third kappa shape index (κ3) is 2.53. The Kier molecular flexibility index (Phi) is 4.28. The maximum absolute atomic E-state index is 2.79.